The molecule has 2 saturated heterocycles. The smallest absolute Gasteiger partial charge is 0.0642 e. The van der Waals surface area contributed by atoms with Crippen molar-refractivity contribution in [2.75, 3.05) is 31.6 Å². The predicted molar refractivity (Wildman–Crippen MR) is 87.0 cm³/mol. The SMILES string of the molecule is CN1CCCC2CN(c3ccc(CCl)cc3Cl)CCC21. The van der Waals surface area contributed by atoms with Gasteiger partial charge in [-0.1, -0.05) is 17.7 Å². The zero-order valence-electron chi connectivity index (χ0n) is 12.0. The molecule has 1 aromatic rings. The van der Waals surface area contributed by atoms with Crippen molar-refractivity contribution >= 4 is 28.9 Å². The molecule has 0 N–H and O–H groups in total. The lowest BCUT2D eigenvalue weighted by atomic mass is 9.84. The van der Waals surface area contributed by atoms with E-state index in [2.05, 4.69) is 29.0 Å². The Morgan fingerprint density at radius 2 is 2.10 bits per heavy atom. The van der Waals surface area contributed by atoms with Gasteiger partial charge in [-0.3, -0.25) is 0 Å². The maximum absolute atomic E-state index is 6.43. The number of hydrogen-bond donors (Lipinski definition) is 0. The molecule has 2 nitrogen and oxygen atoms in total. The van der Waals surface area contributed by atoms with E-state index in [1.165, 1.54) is 31.5 Å². The lowest BCUT2D eigenvalue weighted by molar-refractivity contribution is 0.102. The minimum atomic E-state index is 0.523. The zero-order chi connectivity index (χ0) is 14.1. The van der Waals surface area contributed by atoms with Gasteiger partial charge in [0.05, 0.1) is 10.7 Å². The highest BCUT2D eigenvalue weighted by Gasteiger charge is 2.34. The van der Waals surface area contributed by atoms with Crippen LogP contribution >= 0.6 is 23.2 Å². The van der Waals surface area contributed by atoms with Gasteiger partial charge in [0.15, 0.2) is 0 Å². The number of halogens is 2. The molecule has 2 fully saturated rings. The van der Waals surface area contributed by atoms with Crippen molar-refractivity contribution < 1.29 is 0 Å². The maximum atomic E-state index is 6.43. The van der Waals surface area contributed by atoms with Gasteiger partial charge in [0.25, 0.3) is 0 Å². The number of piperidine rings is 2. The van der Waals surface area contributed by atoms with E-state index in [0.29, 0.717) is 5.88 Å². The fourth-order valence-corrected chi connectivity index (χ4v) is 4.25. The summed E-state index contributed by atoms with van der Waals surface area (Å²) < 4.78 is 0. The number of fused-ring (bicyclic) bond motifs is 1. The van der Waals surface area contributed by atoms with Crippen molar-refractivity contribution in [3.8, 4) is 0 Å². The van der Waals surface area contributed by atoms with Gasteiger partial charge in [-0.25, -0.2) is 0 Å². The third kappa shape index (κ3) is 2.79. The summed E-state index contributed by atoms with van der Waals surface area (Å²) in [7, 11) is 2.27. The van der Waals surface area contributed by atoms with Gasteiger partial charge in [0.1, 0.15) is 0 Å². The molecule has 0 amide bonds. The molecule has 20 heavy (non-hydrogen) atoms. The van der Waals surface area contributed by atoms with Crippen LogP contribution in [0, 0.1) is 5.92 Å². The van der Waals surface area contributed by atoms with Crippen molar-refractivity contribution in [3.05, 3.63) is 28.8 Å². The van der Waals surface area contributed by atoms with Crippen molar-refractivity contribution in [2.45, 2.75) is 31.2 Å². The first kappa shape index (κ1) is 14.5. The van der Waals surface area contributed by atoms with Crippen LogP contribution in [0.1, 0.15) is 24.8 Å². The number of alkyl halides is 1. The lowest BCUT2D eigenvalue weighted by Gasteiger charge is -2.46. The van der Waals surface area contributed by atoms with Crippen LogP contribution in [0.4, 0.5) is 5.69 Å². The topological polar surface area (TPSA) is 6.48 Å². The lowest BCUT2D eigenvalue weighted by Crippen LogP contribution is -2.52. The number of benzene rings is 1. The minimum Gasteiger partial charge on any atom is -0.370 e. The number of hydrogen-bond acceptors (Lipinski definition) is 2. The summed E-state index contributed by atoms with van der Waals surface area (Å²) >= 11 is 12.3. The van der Waals surface area contributed by atoms with Crippen LogP contribution in [0.3, 0.4) is 0 Å². The zero-order valence-corrected chi connectivity index (χ0v) is 13.5. The molecule has 3 rings (SSSR count). The Hall–Kier alpha value is -0.440. The van der Waals surface area contributed by atoms with Crippen molar-refractivity contribution in [2.24, 2.45) is 5.92 Å². The third-order valence-corrected chi connectivity index (χ3v) is 5.46. The van der Waals surface area contributed by atoms with Gasteiger partial charge in [-0.05, 0) is 56.5 Å². The third-order valence-electron chi connectivity index (χ3n) is 4.85. The molecule has 2 unspecified atom stereocenters. The first-order valence-electron chi connectivity index (χ1n) is 7.48. The standard InChI is InChI=1S/C16H22Cl2N2/c1-19-7-2-3-13-11-20(8-6-15(13)19)16-5-4-12(10-17)9-14(16)18/h4-5,9,13,15H,2-3,6-8,10-11H2,1H3. The van der Waals surface area contributed by atoms with Crippen LogP contribution in [-0.4, -0.2) is 37.6 Å². The van der Waals surface area contributed by atoms with Crippen LogP contribution < -0.4 is 4.90 Å². The fraction of sp³-hybridized carbons (Fsp3) is 0.625. The van der Waals surface area contributed by atoms with Crippen molar-refractivity contribution in [3.63, 3.8) is 0 Å². The van der Waals surface area contributed by atoms with Crippen LogP contribution in [0.25, 0.3) is 0 Å². The van der Waals surface area contributed by atoms with Gasteiger partial charge in [0.2, 0.25) is 0 Å². The van der Waals surface area contributed by atoms with Gasteiger partial charge in [0, 0.05) is 25.0 Å². The molecular weight excluding hydrogens is 291 g/mol. The summed E-state index contributed by atoms with van der Waals surface area (Å²) in [5, 5.41) is 0.839. The molecule has 0 radical (unpaired) electrons. The Morgan fingerprint density at radius 3 is 2.85 bits per heavy atom. The molecule has 4 heteroatoms. The molecule has 0 spiro atoms. The summed E-state index contributed by atoms with van der Waals surface area (Å²) in [6.07, 6.45) is 3.92. The van der Waals surface area contributed by atoms with Gasteiger partial charge in [-0.15, -0.1) is 11.6 Å². The van der Waals surface area contributed by atoms with E-state index in [4.69, 9.17) is 23.2 Å². The molecule has 0 aliphatic carbocycles. The van der Waals surface area contributed by atoms with E-state index in [0.717, 1.165) is 35.6 Å². The second-order valence-electron chi connectivity index (χ2n) is 6.10. The van der Waals surface area contributed by atoms with E-state index in [1.807, 2.05) is 6.07 Å². The number of anilines is 1. The van der Waals surface area contributed by atoms with Crippen molar-refractivity contribution in [1.82, 2.24) is 4.90 Å². The Morgan fingerprint density at radius 1 is 1.25 bits per heavy atom. The maximum Gasteiger partial charge on any atom is 0.0642 e. The van der Waals surface area contributed by atoms with Crippen LogP contribution in [-0.2, 0) is 5.88 Å². The van der Waals surface area contributed by atoms with E-state index in [9.17, 15) is 0 Å². The number of rotatable bonds is 2. The molecular formula is C16H22Cl2N2. The quantitative estimate of drug-likeness (QED) is 0.762. The molecule has 2 atom stereocenters. The summed E-state index contributed by atoms with van der Waals surface area (Å²) in [5.74, 6) is 1.31. The van der Waals surface area contributed by atoms with Gasteiger partial charge < -0.3 is 9.80 Å². The van der Waals surface area contributed by atoms with E-state index >= 15 is 0 Å². The largest absolute Gasteiger partial charge is 0.370 e. The molecule has 0 aromatic heterocycles. The van der Waals surface area contributed by atoms with Crippen molar-refractivity contribution in [1.29, 1.82) is 0 Å². The first-order chi connectivity index (χ1) is 9.69. The van der Waals surface area contributed by atoms with Crippen LogP contribution in [0.2, 0.25) is 5.02 Å². The summed E-state index contributed by atoms with van der Waals surface area (Å²) in [6.45, 7) is 3.49. The van der Waals surface area contributed by atoms with E-state index in [-0.39, 0.29) is 0 Å². The Bertz CT molecular complexity index is 478. The molecule has 1 aromatic carbocycles. The van der Waals surface area contributed by atoms with Crippen LogP contribution in [0.5, 0.6) is 0 Å². The Balaban J connectivity index is 1.76. The summed E-state index contributed by atoms with van der Waals surface area (Å²) in [5.41, 5.74) is 2.26. The highest BCUT2D eigenvalue weighted by Crippen LogP contribution is 2.35. The Kier molecular flexibility index (Phi) is 4.44. The second kappa shape index (κ2) is 6.13. The predicted octanol–water partition coefficient (Wildman–Crippen LogP) is 4.00. The van der Waals surface area contributed by atoms with Gasteiger partial charge >= 0.3 is 0 Å². The monoisotopic (exact) mass is 312 g/mol. The van der Waals surface area contributed by atoms with E-state index in [1.54, 1.807) is 0 Å². The highest BCUT2D eigenvalue weighted by atomic mass is 35.5. The summed E-state index contributed by atoms with van der Waals surface area (Å²) in [4.78, 5) is 5.00. The number of nitrogens with zero attached hydrogens (tertiary/aromatic N) is 2. The minimum absolute atomic E-state index is 0.523. The molecule has 0 saturated carbocycles. The molecule has 2 aliphatic rings. The molecule has 0 bridgehead atoms. The average molecular weight is 313 g/mol. The average Bonchev–Trinajstić information content (AvgIpc) is 2.47. The van der Waals surface area contributed by atoms with E-state index < -0.39 is 0 Å². The molecule has 2 aliphatic heterocycles. The van der Waals surface area contributed by atoms with Gasteiger partial charge in [-0.2, -0.15) is 0 Å². The first-order valence-corrected chi connectivity index (χ1v) is 8.40. The molecule has 110 valence electrons. The fourth-order valence-electron chi connectivity index (χ4n) is 3.76. The summed E-state index contributed by atoms with van der Waals surface area (Å²) in [6, 6.07) is 6.99. The second-order valence-corrected chi connectivity index (χ2v) is 6.78. The van der Waals surface area contributed by atoms with Crippen LogP contribution in [0.15, 0.2) is 18.2 Å². The molecule has 2 heterocycles. The highest BCUT2D eigenvalue weighted by molar-refractivity contribution is 6.33. The normalized spacial score (nSPS) is 27.4. The Labute approximate surface area is 131 Å². The number of likely N-dealkylation sites (tertiary alicyclic amines) is 1.